The summed E-state index contributed by atoms with van der Waals surface area (Å²) in [7, 11) is 0. The van der Waals surface area contributed by atoms with Crippen molar-refractivity contribution in [2.24, 2.45) is 17.8 Å². The summed E-state index contributed by atoms with van der Waals surface area (Å²) in [6.45, 7) is 6.23. The summed E-state index contributed by atoms with van der Waals surface area (Å²) in [6, 6.07) is 4.31. The number of alkyl halides is 2. The molecular formula is C22H33F2N5O. The predicted molar refractivity (Wildman–Crippen MR) is 112 cm³/mol. The average molecular weight is 422 g/mol. The Morgan fingerprint density at radius 3 is 2.37 bits per heavy atom. The van der Waals surface area contributed by atoms with E-state index < -0.39 is 5.92 Å². The zero-order valence-electron chi connectivity index (χ0n) is 17.6. The normalized spacial score (nSPS) is 32.3. The van der Waals surface area contributed by atoms with Gasteiger partial charge in [0.25, 0.3) is 5.92 Å². The summed E-state index contributed by atoms with van der Waals surface area (Å²) in [5, 5.41) is 12.2. The molecule has 4 fully saturated rings. The summed E-state index contributed by atoms with van der Waals surface area (Å²) < 4.78 is 32.2. The van der Waals surface area contributed by atoms with Crippen LogP contribution in [-0.2, 0) is 4.74 Å². The molecule has 6 nitrogen and oxygen atoms in total. The lowest BCUT2D eigenvalue weighted by atomic mass is 10.00. The third kappa shape index (κ3) is 4.69. The molecule has 0 radical (unpaired) electrons. The number of hydrogen-bond donors (Lipinski definition) is 1. The van der Waals surface area contributed by atoms with E-state index in [-0.39, 0.29) is 12.8 Å². The second-order valence-electron chi connectivity index (χ2n) is 9.73. The fraction of sp³-hybridized carbons (Fsp3) is 0.818. The first-order valence-corrected chi connectivity index (χ1v) is 11.6. The quantitative estimate of drug-likeness (QED) is 0.788. The Balaban J connectivity index is 1.08. The topological polar surface area (TPSA) is 53.5 Å². The Morgan fingerprint density at radius 2 is 1.73 bits per heavy atom. The van der Waals surface area contributed by atoms with Crippen LogP contribution in [0.25, 0.3) is 0 Å². The number of anilines is 2. The highest BCUT2D eigenvalue weighted by molar-refractivity contribution is 5.44. The van der Waals surface area contributed by atoms with Gasteiger partial charge in [0.15, 0.2) is 5.82 Å². The van der Waals surface area contributed by atoms with Crippen molar-refractivity contribution in [2.45, 2.75) is 50.5 Å². The summed E-state index contributed by atoms with van der Waals surface area (Å²) in [4.78, 5) is 4.58. The minimum absolute atomic E-state index is 0.106. The van der Waals surface area contributed by atoms with E-state index in [2.05, 4.69) is 20.4 Å². The minimum Gasteiger partial charge on any atom is -0.381 e. The molecule has 3 saturated heterocycles. The third-order valence-corrected chi connectivity index (χ3v) is 7.51. The standard InChI is InChI=1S/C22H33F2N5O/c23-22(24)5-7-29(8-6-22)21-2-1-20(26-27-21)25-19-11-17-14-28(15-18(17)12-19)13-16-3-9-30-10-4-16/h1-2,16-19H,3-15H2,(H,25,26)/t17-,18+,19?. The minimum atomic E-state index is -2.54. The number of fused-ring (bicyclic) bond motifs is 1. The molecule has 4 aliphatic rings. The zero-order valence-corrected chi connectivity index (χ0v) is 17.6. The Hall–Kier alpha value is -1.54. The molecule has 0 spiro atoms. The Morgan fingerprint density at radius 1 is 1.03 bits per heavy atom. The maximum absolute atomic E-state index is 13.3. The number of likely N-dealkylation sites (tertiary alicyclic amines) is 1. The molecule has 1 saturated carbocycles. The van der Waals surface area contributed by atoms with Crippen LogP contribution in [0, 0.1) is 17.8 Å². The van der Waals surface area contributed by atoms with Crippen LogP contribution in [0.5, 0.6) is 0 Å². The number of piperidine rings is 1. The van der Waals surface area contributed by atoms with Gasteiger partial charge >= 0.3 is 0 Å². The van der Waals surface area contributed by atoms with Crippen molar-refractivity contribution in [2.75, 3.05) is 56.2 Å². The molecule has 8 heteroatoms. The molecule has 30 heavy (non-hydrogen) atoms. The number of rotatable bonds is 5. The second kappa shape index (κ2) is 8.54. The number of nitrogens with zero attached hydrogens (tertiary/aromatic N) is 4. The molecule has 166 valence electrons. The van der Waals surface area contributed by atoms with Crippen LogP contribution in [-0.4, -0.2) is 73.0 Å². The molecular weight excluding hydrogens is 388 g/mol. The highest BCUT2D eigenvalue weighted by Crippen LogP contribution is 2.39. The summed E-state index contributed by atoms with van der Waals surface area (Å²) in [6.07, 6.45) is 4.60. The first-order chi connectivity index (χ1) is 14.5. The Kier molecular flexibility index (Phi) is 5.79. The van der Waals surface area contributed by atoms with E-state index in [9.17, 15) is 8.78 Å². The van der Waals surface area contributed by atoms with E-state index in [1.165, 1.54) is 45.3 Å². The molecule has 0 bridgehead atoms. The molecule has 4 heterocycles. The Bertz CT molecular complexity index is 688. The van der Waals surface area contributed by atoms with Gasteiger partial charge in [0.05, 0.1) is 0 Å². The molecule has 3 atom stereocenters. The van der Waals surface area contributed by atoms with Gasteiger partial charge in [0, 0.05) is 64.8 Å². The SMILES string of the molecule is FC1(F)CCN(c2ccc(NC3C[C@@H]4CN(CC5CCOCC5)C[C@@H]4C3)nn2)CC1. The van der Waals surface area contributed by atoms with Crippen molar-refractivity contribution in [3.05, 3.63) is 12.1 Å². The highest BCUT2D eigenvalue weighted by atomic mass is 19.3. The average Bonchev–Trinajstić information content (AvgIpc) is 3.27. The van der Waals surface area contributed by atoms with E-state index in [0.29, 0.717) is 24.9 Å². The molecule has 0 amide bonds. The number of halogens is 2. The highest BCUT2D eigenvalue weighted by Gasteiger charge is 2.41. The van der Waals surface area contributed by atoms with Gasteiger partial charge in [-0.05, 0) is 55.6 Å². The van der Waals surface area contributed by atoms with Gasteiger partial charge in [-0.2, -0.15) is 0 Å². The van der Waals surface area contributed by atoms with Gasteiger partial charge < -0.3 is 19.9 Å². The van der Waals surface area contributed by atoms with Crippen LogP contribution in [0.3, 0.4) is 0 Å². The van der Waals surface area contributed by atoms with Crippen molar-refractivity contribution < 1.29 is 13.5 Å². The van der Waals surface area contributed by atoms with Crippen LogP contribution < -0.4 is 10.2 Å². The molecule has 5 rings (SSSR count). The second-order valence-corrected chi connectivity index (χ2v) is 9.73. The van der Waals surface area contributed by atoms with Crippen LogP contribution in [0.4, 0.5) is 20.4 Å². The van der Waals surface area contributed by atoms with Crippen molar-refractivity contribution in [3.63, 3.8) is 0 Å². The smallest absolute Gasteiger partial charge is 0.251 e. The molecule has 1 unspecified atom stereocenters. The van der Waals surface area contributed by atoms with Gasteiger partial charge in [-0.1, -0.05) is 0 Å². The first-order valence-electron chi connectivity index (χ1n) is 11.6. The molecule has 1 N–H and O–H groups in total. The fourth-order valence-corrected chi connectivity index (χ4v) is 5.80. The summed E-state index contributed by atoms with van der Waals surface area (Å²) in [5.41, 5.74) is 0. The lowest BCUT2D eigenvalue weighted by molar-refractivity contribution is -0.0221. The van der Waals surface area contributed by atoms with Gasteiger partial charge in [-0.3, -0.25) is 0 Å². The van der Waals surface area contributed by atoms with Crippen molar-refractivity contribution in [3.8, 4) is 0 Å². The zero-order chi connectivity index (χ0) is 20.6. The lowest BCUT2D eigenvalue weighted by Crippen LogP contribution is -2.39. The number of ether oxygens (including phenoxy) is 1. The van der Waals surface area contributed by atoms with E-state index in [1.54, 1.807) is 0 Å². The van der Waals surface area contributed by atoms with Gasteiger partial charge in [-0.25, -0.2) is 8.78 Å². The van der Waals surface area contributed by atoms with E-state index in [1.807, 2.05) is 17.0 Å². The van der Waals surface area contributed by atoms with Crippen molar-refractivity contribution in [1.29, 1.82) is 0 Å². The summed E-state index contributed by atoms with van der Waals surface area (Å²) in [5.74, 6) is 1.33. The van der Waals surface area contributed by atoms with Gasteiger partial charge in [0.2, 0.25) is 0 Å². The number of nitrogens with one attached hydrogen (secondary N) is 1. The van der Waals surface area contributed by atoms with E-state index in [0.717, 1.165) is 36.8 Å². The van der Waals surface area contributed by atoms with Crippen LogP contribution in [0.1, 0.15) is 38.5 Å². The number of aromatic nitrogens is 2. The fourth-order valence-electron chi connectivity index (χ4n) is 5.80. The van der Waals surface area contributed by atoms with Crippen molar-refractivity contribution in [1.82, 2.24) is 15.1 Å². The monoisotopic (exact) mass is 421 g/mol. The molecule has 3 aliphatic heterocycles. The van der Waals surface area contributed by atoms with Crippen LogP contribution >= 0.6 is 0 Å². The van der Waals surface area contributed by atoms with Crippen LogP contribution in [0.2, 0.25) is 0 Å². The third-order valence-electron chi connectivity index (χ3n) is 7.51. The van der Waals surface area contributed by atoms with Gasteiger partial charge in [0.1, 0.15) is 5.82 Å². The maximum Gasteiger partial charge on any atom is 0.251 e. The first kappa shape index (κ1) is 20.4. The Labute approximate surface area is 177 Å². The molecule has 0 aromatic carbocycles. The van der Waals surface area contributed by atoms with Crippen molar-refractivity contribution >= 4 is 11.6 Å². The lowest BCUT2D eigenvalue weighted by Gasteiger charge is -2.32. The molecule has 1 aromatic rings. The number of hydrogen-bond acceptors (Lipinski definition) is 6. The van der Waals surface area contributed by atoms with Crippen LogP contribution in [0.15, 0.2) is 12.1 Å². The van der Waals surface area contributed by atoms with E-state index in [4.69, 9.17) is 4.74 Å². The predicted octanol–water partition coefficient (Wildman–Crippen LogP) is 3.26. The largest absolute Gasteiger partial charge is 0.381 e. The molecule has 1 aliphatic carbocycles. The maximum atomic E-state index is 13.3. The van der Waals surface area contributed by atoms with Gasteiger partial charge in [-0.15, -0.1) is 10.2 Å². The van der Waals surface area contributed by atoms with E-state index >= 15 is 0 Å². The molecule has 1 aromatic heterocycles. The summed E-state index contributed by atoms with van der Waals surface area (Å²) >= 11 is 0.